The second-order valence-corrected chi connectivity index (χ2v) is 5.64. The third-order valence-corrected chi connectivity index (χ3v) is 3.84. The smallest absolute Gasteiger partial charge is 0.266 e. The van der Waals surface area contributed by atoms with Crippen molar-refractivity contribution in [3.8, 4) is 6.07 Å². The first kappa shape index (κ1) is 15.9. The predicted octanol–water partition coefficient (Wildman–Crippen LogP) is 4.26. The van der Waals surface area contributed by atoms with Crippen LogP contribution in [-0.4, -0.2) is 12.2 Å². The SMILES string of the molecule is CSc1ccc(C=C(C#N)C(=O)Nc2ccc(C)cc2)cc1. The van der Waals surface area contributed by atoms with Crippen molar-refractivity contribution in [1.29, 1.82) is 5.26 Å². The number of benzene rings is 2. The second-order valence-electron chi connectivity index (χ2n) is 4.76. The number of thioether (sulfide) groups is 1. The van der Waals surface area contributed by atoms with Crippen LogP contribution in [0.2, 0.25) is 0 Å². The number of hydrogen-bond acceptors (Lipinski definition) is 3. The lowest BCUT2D eigenvalue weighted by molar-refractivity contribution is -0.112. The summed E-state index contributed by atoms with van der Waals surface area (Å²) in [6.45, 7) is 1.98. The predicted molar refractivity (Wildman–Crippen MR) is 91.6 cm³/mol. The molecule has 3 nitrogen and oxygen atoms in total. The van der Waals surface area contributed by atoms with E-state index in [-0.39, 0.29) is 5.57 Å². The normalized spacial score (nSPS) is 10.9. The van der Waals surface area contributed by atoms with Crippen molar-refractivity contribution in [3.05, 3.63) is 65.2 Å². The zero-order valence-electron chi connectivity index (χ0n) is 12.5. The zero-order valence-corrected chi connectivity index (χ0v) is 13.3. The highest BCUT2D eigenvalue weighted by atomic mass is 32.2. The van der Waals surface area contributed by atoms with Crippen LogP contribution in [0.4, 0.5) is 5.69 Å². The van der Waals surface area contributed by atoms with E-state index < -0.39 is 5.91 Å². The van der Waals surface area contributed by atoms with Gasteiger partial charge in [0.05, 0.1) is 0 Å². The van der Waals surface area contributed by atoms with Crippen LogP contribution in [-0.2, 0) is 4.79 Å². The fraction of sp³-hybridized carbons (Fsp3) is 0.111. The van der Waals surface area contributed by atoms with Gasteiger partial charge in [0.2, 0.25) is 0 Å². The number of aryl methyl sites for hydroxylation is 1. The van der Waals surface area contributed by atoms with Crippen molar-refractivity contribution < 1.29 is 4.79 Å². The van der Waals surface area contributed by atoms with E-state index in [0.717, 1.165) is 16.0 Å². The number of carbonyl (C=O) groups excluding carboxylic acids is 1. The average molecular weight is 308 g/mol. The van der Waals surface area contributed by atoms with Gasteiger partial charge in [0.25, 0.3) is 5.91 Å². The minimum atomic E-state index is -0.403. The average Bonchev–Trinajstić information content (AvgIpc) is 2.55. The molecule has 1 N–H and O–H groups in total. The highest BCUT2D eigenvalue weighted by molar-refractivity contribution is 7.98. The van der Waals surface area contributed by atoms with E-state index >= 15 is 0 Å². The van der Waals surface area contributed by atoms with Gasteiger partial charge < -0.3 is 5.32 Å². The molecule has 0 aliphatic heterocycles. The Balaban J connectivity index is 2.15. The summed E-state index contributed by atoms with van der Waals surface area (Å²) in [6, 6.07) is 17.1. The molecule has 0 radical (unpaired) electrons. The van der Waals surface area contributed by atoms with Gasteiger partial charge in [0.15, 0.2) is 0 Å². The molecule has 0 unspecified atom stereocenters. The quantitative estimate of drug-likeness (QED) is 0.521. The lowest BCUT2D eigenvalue weighted by Crippen LogP contribution is -2.13. The van der Waals surface area contributed by atoms with Crippen molar-refractivity contribution in [2.75, 3.05) is 11.6 Å². The molecule has 1 amide bonds. The molecule has 0 heterocycles. The number of anilines is 1. The number of nitrogens with one attached hydrogen (secondary N) is 1. The Morgan fingerprint density at radius 2 is 1.77 bits per heavy atom. The lowest BCUT2D eigenvalue weighted by Gasteiger charge is -2.05. The number of amides is 1. The Bertz CT molecular complexity index is 725. The Hall–Kier alpha value is -2.51. The van der Waals surface area contributed by atoms with Crippen molar-refractivity contribution in [2.45, 2.75) is 11.8 Å². The highest BCUT2D eigenvalue weighted by Gasteiger charge is 2.09. The summed E-state index contributed by atoms with van der Waals surface area (Å²) in [6.07, 6.45) is 3.59. The van der Waals surface area contributed by atoms with Crippen LogP contribution < -0.4 is 5.32 Å². The maximum atomic E-state index is 12.2. The number of nitrogens with zero attached hydrogens (tertiary/aromatic N) is 1. The number of nitriles is 1. The van der Waals surface area contributed by atoms with Gasteiger partial charge in [0, 0.05) is 10.6 Å². The van der Waals surface area contributed by atoms with Crippen LogP contribution in [0.1, 0.15) is 11.1 Å². The Labute approximate surface area is 134 Å². The zero-order chi connectivity index (χ0) is 15.9. The minimum absolute atomic E-state index is 0.0810. The number of rotatable bonds is 4. The molecular weight excluding hydrogens is 292 g/mol. The number of carbonyl (C=O) groups is 1. The second kappa shape index (κ2) is 7.48. The van der Waals surface area contributed by atoms with Gasteiger partial charge in [-0.25, -0.2) is 0 Å². The molecule has 4 heteroatoms. The van der Waals surface area contributed by atoms with E-state index in [9.17, 15) is 10.1 Å². The Kier molecular flexibility index (Phi) is 5.40. The first-order valence-corrected chi connectivity index (χ1v) is 7.98. The van der Waals surface area contributed by atoms with Crippen LogP contribution in [0.5, 0.6) is 0 Å². The molecule has 110 valence electrons. The molecule has 2 aromatic rings. The van der Waals surface area contributed by atoms with Gasteiger partial charge in [-0.3, -0.25) is 4.79 Å². The van der Waals surface area contributed by atoms with Crippen molar-refractivity contribution in [2.24, 2.45) is 0 Å². The number of hydrogen-bond donors (Lipinski definition) is 1. The Morgan fingerprint density at radius 1 is 1.14 bits per heavy atom. The van der Waals surface area contributed by atoms with Gasteiger partial charge in [-0.2, -0.15) is 5.26 Å². The van der Waals surface area contributed by atoms with Gasteiger partial charge >= 0.3 is 0 Å². The lowest BCUT2D eigenvalue weighted by atomic mass is 10.1. The van der Waals surface area contributed by atoms with E-state index in [1.807, 2.05) is 67.8 Å². The third-order valence-electron chi connectivity index (χ3n) is 3.10. The summed E-state index contributed by atoms with van der Waals surface area (Å²) in [5, 5.41) is 11.9. The van der Waals surface area contributed by atoms with Gasteiger partial charge in [-0.05, 0) is 49.1 Å². The minimum Gasteiger partial charge on any atom is -0.321 e. The monoisotopic (exact) mass is 308 g/mol. The van der Waals surface area contributed by atoms with Crippen LogP contribution in [0.15, 0.2) is 59.0 Å². The van der Waals surface area contributed by atoms with Crippen LogP contribution in [0.3, 0.4) is 0 Å². The van der Waals surface area contributed by atoms with E-state index in [1.54, 1.807) is 17.8 Å². The molecule has 0 fully saturated rings. The van der Waals surface area contributed by atoms with E-state index in [1.165, 1.54) is 0 Å². The summed E-state index contributed by atoms with van der Waals surface area (Å²) in [5.41, 5.74) is 2.70. The fourth-order valence-corrected chi connectivity index (χ4v) is 2.26. The summed E-state index contributed by atoms with van der Waals surface area (Å²) >= 11 is 1.65. The van der Waals surface area contributed by atoms with E-state index in [0.29, 0.717) is 5.69 Å². The third kappa shape index (κ3) is 4.24. The summed E-state index contributed by atoms with van der Waals surface area (Å²) < 4.78 is 0. The van der Waals surface area contributed by atoms with Crippen LogP contribution >= 0.6 is 11.8 Å². The Morgan fingerprint density at radius 3 is 2.32 bits per heavy atom. The molecule has 0 saturated heterocycles. The molecule has 0 aromatic heterocycles. The van der Waals surface area contributed by atoms with Crippen molar-refractivity contribution in [1.82, 2.24) is 0 Å². The fourth-order valence-electron chi connectivity index (χ4n) is 1.85. The molecule has 22 heavy (non-hydrogen) atoms. The molecule has 0 bridgehead atoms. The van der Waals surface area contributed by atoms with Crippen molar-refractivity contribution >= 4 is 29.4 Å². The first-order valence-electron chi connectivity index (χ1n) is 6.76. The molecule has 0 spiro atoms. The summed E-state index contributed by atoms with van der Waals surface area (Å²) in [7, 11) is 0. The summed E-state index contributed by atoms with van der Waals surface area (Å²) in [5.74, 6) is -0.403. The first-order chi connectivity index (χ1) is 10.6. The van der Waals surface area contributed by atoms with Gasteiger partial charge in [-0.15, -0.1) is 11.8 Å². The standard InChI is InChI=1S/C18H16N2OS/c1-13-3-7-16(8-4-13)20-18(21)15(12-19)11-14-5-9-17(22-2)10-6-14/h3-11H,1-2H3,(H,20,21). The van der Waals surface area contributed by atoms with Crippen LogP contribution in [0, 0.1) is 18.3 Å². The highest BCUT2D eigenvalue weighted by Crippen LogP contribution is 2.17. The van der Waals surface area contributed by atoms with Crippen LogP contribution in [0.25, 0.3) is 6.08 Å². The summed E-state index contributed by atoms with van der Waals surface area (Å²) in [4.78, 5) is 13.3. The molecular formula is C18H16N2OS. The molecule has 2 aromatic carbocycles. The largest absolute Gasteiger partial charge is 0.321 e. The molecule has 2 rings (SSSR count). The molecule has 0 atom stereocenters. The van der Waals surface area contributed by atoms with Gasteiger partial charge in [-0.1, -0.05) is 29.8 Å². The van der Waals surface area contributed by atoms with E-state index in [4.69, 9.17) is 0 Å². The van der Waals surface area contributed by atoms with Gasteiger partial charge in [0.1, 0.15) is 11.6 Å². The maximum Gasteiger partial charge on any atom is 0.266 e. The van der Waals surface area contributed by atoms with Crippen molar-refractivity contribution in [3.63, 3.8) is 0 Å². The molecule has 0 aliphatic rings. The molecule has 0 saturated carbocycles. The van der Waals surface area contributed by atoms with E-state index in [2.05, 4.69) is 5.32 Å². The molecule has 0 aliphatic carbocycles. The topological polar surface area (TPSA) is 52.9 Å². The maximum absolute atomic E-state index is 12.2.